The van der Waals surface area contributed by atoms with Gasteiger partial charge in [-0.3, -0.25) is 0 Å². The molecule has 1 aliphatic carbocycles. The van der Waals surface area contributed by atoms with Crippen LogP contribution in [-0.4, -0.2) is 54.9 Å². The summed E-state index contributed by atoms with van der Waals surface area (Å²) in [5.74, 6) is -1.00. The molecule has 1 rings (SSSR count). The number of amides is 2. The number of carbonyl (C=O) groups is 2. The number of carboxylic acid groups (broad SMARTS) is 1. The normalized spacial score (nSPS) is 16.4. The Morgan fingerprint density at radius 2 is 2.18 bits per heavy atom. The molecule has 0 heterocycles. The van der Waals surface area contributed by atoms with Crippen LogP contribution in [0.1, 0.15) is 25.7 Å². The van der Waals surface area contributed by atoms with Gasteiger partial charge in [0, 0.05) is 26.8 Å². The van der Waals surface area contributed by atoms with E-state index in [2.05, 4.69) is 5.32 Å². The second-order valence-corrected chi connectivity index (χ2v) is 4.32. The fraction of sp³-hybridized carbons (Fsp3) is 0.818. The maximum atomic E-state index is 11.7. The maximum absolute atomic E-state index is 11.7. The van der Waals surface area contributed by atoms with E-state index >= 15 is 0 Å². The zero-order valence-corrected chi connectivity index (χ0v) is 10.3. The minimum atomic E-state index is -1.00. The average Bonchev–Trinajstić information content (AvgIpc) is 3.10. The Hall–Kier alpha value is -1.30. The third-order valence-corrected chi connectivity index (χ3v) is 2.85. The van der Waals surface area contributed by atoms with E-state index in [9.17, 15) is 9.59 Å². The molecular weight excluding hydrogens is 224 g/mol. The van der Waals surface area contributed by atoms with Gasteiger partial charge in [0.25, 0.3) is 0 Å². The molecule has 17 heavy (non-hydrogen) atoms. The van der Waals surface area contributed by atoms with Crippen LogP contribution in [-0.2, 0) is 9.53 Å². The highest BCUT2D eigenvalue weighted by molar-refractivity contribution is 5.82. The Morgan fingerprint density at radius 1 is 1.53 bits per heavy atom. The first kappa shape index (κ1) is 13.8. The number of hydrogen-bond acceptors (Lipinski definition) is 3. The zero-order chi connectivity index (χ0) is 12.8. The lowest BCUT2D eigenvalue weighted by Gasteiger charge is -2.21. The van der Waals surface area contributed by atoms with Crippen molar-refractivity contribution in [2.24, 2.45) is 0 Å². The summed E-state index contributed by atoms with van der Waals surface area (Å²) in [5, 5.41) is 11.5. The molecule has 6 heteroatoms. The van der Waals surface area contributed by atoms with Crippen LogP contribution in [0.15, 0.2) is 0 Å². The molecule has 1 saturated carbocycles. The van der Waals surface area contributed by atoms with Crippen LogP contribution in [0.2, 0.25) is 0 Å². The molecule has 6 nitrogen and oxygen atoms in total. The van der Waals surface area contributed by atoms with E-state index in [1.807, 2.05) is 0 Å². The van der Waals surface area contributed by atoms with Crippen LogP contribution < -0.4 is 5.32 Å². The summed E-state index contributed by atoms with van der Waals surface area (Å²) >= 11 is 0. The molecule has 98 valence electrons. The number of rotatable bonds is 7. The minimum Gasteiger partial charge on any atom is -0.480 e. The number of ether oxygens (including phenoxy) is 1. The van der Waals surface area contributed by atoms with Crippen molar-refractivity contribution < 1.29 is 19.4 Å². The molecule has 0 aromatic heterocycles. The quantitative estimate of drug-likeness (QED) is 0.645. The van der Waals surface area contributed by atoms with Crippen molar-refractivity contribution >= 4 is 12.0 Å². The molecule has 1 atom stereocenters. The zero-order valence-electron chi connectivity index (χ0n) is 10.3. The molecule has 0 saturated heterocycles. The Kier molecular flexibility index (Phi) is 5.21. The lowest BCUT2D eigenvalue weighted by atomic mass is 10.1. The van der Waals surface area contributed by atoms with Gasteiger partial charge in [0.15, 0.2) is 0 Å². The smallest absolute Gasteiger partial charge is 0.326 e. The van der Waals surface area contributed by atoms with Crippen LogP contribution in [0.3, 0.4) is 0 Å². The Bertz CT molecular complexity index is 279. The van der Waals surface area contributed by atoms with Crippen LogP contribution in [0.4, 0.5) is 4.79 Å². The maximum Gasteiger partial charge on any atom is 0.326 e. The van der Waals surface area contributed by atoms with Gasteiger partial charge in [0.05, 0.1) is 0 Å². The molecule has 0 bridgehead atoms. The van der Waals surface area contributed by atoms with Gasteiger partial charge in [0.2, 0.25) is 0 Å². The fourth-order valence-corrected chi connectivity index (χ4v) is 1.57. The van der Waals surface area contributed by atoms with Crippen molar-refractivity contribution in [1.29, 1.82) is 0 Å². The van der Waals surface area contributed by atoms with E-state index in [-0.39, 0.29) is 12.1 Å². The molecule has 1 aliphatic rings. The summed E-state index contributed by atoms with van der Waals surface area (Å²) in [7, 11) is 3.26. The van der Waals surface area contributed by atoms with Crippen LogP contribution in [0.25, 0.3) is 0 Å². The van der Waals surface area contributed by atoms with Crippen LogP contribution >= 0.6 is 0 Å². The first-order chi connectivity index (χ1) is 8.06. The van der Waals surface area contributed by atoms with E-state index in [1.165, 1.54) is 0 Å². The van der Waals surface area contributed by atoms with Gasteiger partial charge in [-0.05, 0) is 25.7 Å². The van der Waals surface area contributed by atoms with Gasteiger partial charge in [0.1, 0.15) is 6.04 Å². The summed E-state index contributed by atoms with van der Waals surface area (Å²) < 4.78 is 4.86. The number of aliphatic carboxylic acids is 1. The van der Waals surface area contributed by atoms with Crippen LogP contribution in [0.5, 0.6) is 0 Å². The second-order valence-electron chi connectivity index (χ2n) is 4.32. The van der Waals surface area contributed by atoms with Crippen molar-refractivity contribution in [3.63, 3.8) is 0 Å². The van der Waals surface area contributed by atoms with Crippen molar-refractivity contribution in [3.8, 4) is 0 Å². The topological polar surface area (TPSA) is 78.9 Å². The number of nitrogens with one attached hydrogen (secondary N) is 1. The van der Waals surface area contributed by atoms with Gasteiger partial charge in [-0.2, -0.15) is 0 Å². The summed E-state index contributed by atoms with van der Waals surface area (Å²) in [4.78, 5) is 24.2. The standard InChI is InChI=1S/C11H20N2O4/c1-13(8-5-6-8)11(16)12-9(10(14)15)4-3-7-17-2/h8-9H,3-7H2,1-2H3,(H,12,16)(H,14,15). The highest BCUT2D eigenvalue weighted by atomic mass is 16.5. The van der Waals surface area contributed by atoms with Crippen molar-refractivity contribution in [3.05, 3.63) is 0 Å². The lowest BCUT2D eigenvalue weighted by Crippen LogP contribution is -2.47. The van der Waals surface area contributed by atoms with E-state index < -0.39 is 12.0 Å². The SMILES string of the molecule is COCCCC(NC(=O)N(C)C1CC1)C(=O)O. The summed E-state index contributed by atoms with van der Waals surface area (Å²) in [5.41, 5.74) is 0. The van der Waals surface area contributed by atoms with Gasteiger partial charge in [-0.25, -0.2) is 9.59 Å². The molecule has 0 aliphatic heterocycles. The molecule has 0 spiro atoms. The monoisotopic (exact) mass is 244 g/mol. The van der Waals surface area contributed by atoms with E-state index in [0.717, 1.165) is 12.8 Å². The number of methoxy groups -OCH3 is 1. The van der Waals surface area contributed by atoms with Crippen molar-refractivity contribution in [2.75, 3.05) is 20.8 Å². The van der Waals surface area contributed by atoms with E-state index in [1.54, 1.807) is 19.1 Å². The van der Waals surface area contributed by atoms with E-state index in [4.69, 9.17) is 9.84 Å². The predicted molar refractivity (Wildman–Crippen MR) is 61.9 cm³/mol. The highest BCUT2D eigenvalue weighted by Crippen LogP contribution is 2.25. The number of hydrogen-bond donors (Lipinski definition) is 2. The largest absolute Gasteiger partial charge is 0.480 e. The van der Waals surface area contributed by atoms with Crippen molar-refractivity contribution in [2.45, 2.75) is 37.8 Å². The Morgan fingerprint density at radius 3 is 2.65 bits per heavy atom. The second kappa shape index (κ2) is 6.44. The Balaban J connectivity index is 2.36. The number of nitrogens with zero attached hydrogens (tertiary/aromatic N) is 1. The number of carboxylic acids is 1. The Labute approximate surface area is 101 Å². The lowest BCUT2D eigenvalue weighted by molar-refractivity contribution is -0.139. The van der Waals surface area contributed by atoms with Gasteiger partial charge >= 0.3 is 12.0 Å². The summed E-state index contributed by atoms with van der Waals surface area (Å²) in [6, 6.07) is -0.861. The van der Waals surface area contributed by atoms with Crippen LogP contribution in [0, 0.1) is 0 Å². The first-order valence-electron chi connectivity index (χ1n) is 5.81. The molecule has 0 aromatic rings. The highest BCUT2D eigenvalue weighted by Gasteiger charge is 2.31. The third-order valence-electron chi connectivity index (χ3n) is 2.85. The average molecular weight is 244 g/mol. The third kappa shape index (κ3) is 4.60. The van der Waals surface area contributed by atoms with Gasteiger partial charge < -0.3 is 20.1 Å². The minimum absolute atomic E-state index is 0.281. The summed E-state index contributed by atoms with van der Waals surface area (Å²) in [6.45, 7) is 0.498. The van der Waals surface area contributed by atoms with Gasteiger partial charge in [-0.1, -0.05) is 0 Å². The molecule has 0 radical (unpaired) electrons. The van der Waals surface area contributed by atoms with E-state index in [0.29, 0.717) is 19.4 Å². The molecule has 2 N–H and O–H groups in total. The molecular formula is C11H20N2O4. The number of urea groups is 1. The predicted octanol–water partition coefficient (Wildman–Crippen LogP) is 0.670. The first-order valence-corrected chi connectivity index (χ1v) is 5.81. The molecule has 2 amide bonds. The molecule has 1 fully saturated rings. The molecule has 1 unspecified atom stereocenters. The summed E-state index contributed by atoms with van der Waals surface area (Å²) in [6.07, 6.45) is 3.00. The fourth-order valence-electron chi connectivity index (χ4n) is 1.57. The molecule has 0 aromatic carbocycles. The van der Waals surface area contributed by atoms with Gasteiger partial charge in [-0.15, -0.1) is 0 Å². The number of carbonyl (C=O) groups excluding carboxylic acids is 1. The van der Waals surface area contributed by atoms with Crippen molar-refractivity contribution in [1.82, 2.24) is 10.2 Å².